The average molecular weight is 308 g/mol. The van der Waals surface area contributed by atoms with Crippen LogP contribution in [-0.2, 0) is 4.74 Å². The zero-order valence-electron chi connectivity index (χ0n) is 14.0. The molecule has 0 saturated carbocycles. The second-order valence-electron chi connectivity index (χ2n) is 6.59. The van der Waals surface area contributed by atoms with E-state index in [4.69, 9.17) is 4.74 Å². The number of rotatable bonds is 5. The lowest BCUT2D eigenvalue weighted by Crippen LogP contribution is -2.42. The monoisotopic (exact) mass is 308 g/mol. The molecule has 1 aliphatic heterocycles. The lowest BCUT2D eigenvalue weighted by Gasteiger charge is -2.34. The third-order valence-electron chi connectivity index (χ3n) is 4.06. The Morgan fingerprint density at radius 3 is 2.86 bits per heavy atom. The van der Waals surface area contributed by atoms with Crippen LogP contribution in [0, 0.1) is 11.8 Å². The van der Waals surface area contributed by atoms with Gasteiger partial charge in [-0.1, -0.05) is 13.8 Å². The Morgan fingerprint density at radius 1 is 1.45 bits per heavy atom. The number of hydrogen-bond acceptors (Lipinski definition) is 3. The van der Waals surface area contributed by atoms with E-state index in [1.807, 2.05) is 24.7 Å². The standard InChI is InChI=1S/C16H28N4O2/c1-11(2)15-13(6-5-9-22-15)10-17-16(21)18-14-7-8-20(19-14)12(3)4/h7-8,11-13,15H,5-6,9-10H2,1-4H3,(H2,17,18,19,21). The number of amides is 2. The Morgan fingerprint density at radius 2 is 2.23 bits per heavy atom. The van der Waals surface area contributed by atoms with Crippen molar-refractivity contribution in [3.05, 3.63) is 12.3 Å². The van der Waals surface area contributed by atoms with Gasteiger partial charge in [-0.05, 0) is 32.6 Å². The molecule has 2 unspecified atom stereocenters. The summed E-state index contributed by atoms with van der Waals surface area (Å²) in [6, 6.07) is 1.88. The van der Waals surface area contributed by atoms with E-state index >= 15 is 0 Å². The lowest BCUT2D eigenvalue weighted by atomic mass is 9.87. The number of urea groups is 1. The Kier molecular flexibility index (Phi) is 5.83. The van der Waals surface area contributed by atoms with Gasteiger partial charge >= 0.3 is 6.03 Å². The van der Waals surface area contributed by atoms with Crippen LogP contribution in [0.3, 0.4) is 0 Å². The molecule has 0 aromatic carbocycles. The summed E-state index contributed by atoms with van der Waals surface area (Å²) in [5, 5.41) is 10.0. The smallest absolute Gasteiger partial charge is 0.320 e. The quantitative estimate of drug-likeness (QED) is 0.878. The van der Waals surface area contributed by atoms with Crippen molar-refractivity contribution >= 4 is 11.8 Å². The molecule has 1 aromatic heterocycles. The van der Waals surface area contributed by atoms with Crippen LogP contribution in [0.4, 0.5) is 10.6 Å². The van der Waals surface area contributed by atoms with E-state index in [1.165, 1.54) is 0 Å². The summed E-state index contributed by atoms with van der Waals surface area (Å²) in [6.07, 6.45) is 4.26. The number of aromatic nitrogens is 2. The minimum Gasteiger partial charge on any atom is -0.378 e. The molecule has 6 heteroatoms. The maximum absolute atomic E-state index is 12.0. The maximum atomic E-state index is 12.0. The second-order valence-corrected chi connectivity index (χ2v) is 6.59. The van der Waals surface area contributed by atoms with Crippen LogP contribution in [0.15, 0.2) is 12.3 Å². The first-order valence-corrected chi connectivity index (χ1v) is 8.19. The normalized spacial score (nSPS) is 22.1. The fourth-order valence-electron chi connectivity index (χ4n) is 2.90. The molecule has 1 aromatic rings. The van der Waals surface area contributed by atoms with E-state index in [0.29, 0.717) is 24.2 Å². The van der Waals surface area contributed by atoms with Gasteiger partial charge in [-0.3, -0.25) is 10.00 Å². The summed E-state index contributed by atoms with van der Waals surface area (Å²) in [5.41, 5.74) is 0. The van der Waals surface area contributed by atoms with Gasteiger partial charge in [0.05, 0.1) is 6.10 Å². The molecule has 2 N–H and O–H groups in total. The number of carbonyl (C=O) groups excluding carboxylic acids is 1. The highest BCUT2D eigenvalue weighted by atomic mass is 16.5. The van der Waals surface area contributed by atoms with Crippen LogP contribution >= 0.6 is 0 Å². The summed E-state index contributed by atoms with van der Waals surface area (Å²) in [4.78, 5) is 12.0. The number of hydrogen-bond donors (Lipinski definition) is 2. The highest BCUT2D eigenvalue weighted by Crippen LogP contribution is 2.25. The third-order valence-corrected chi connectivity index (χ3v) is 4.06. The minimum absolute atomic E-state index is 0.206. The van der Waals surface area contributed by atoms with E-state index in [0.717, 1.165) is 19.4 Å². The molecule has 2 amide bonds. The highest BCUT2D eigenvalue weighted by Gasteiger charge is 2.28. The number of anilines is 1. The summed E-state index contributed by atoms with van der Waals surface area (Å²) in [5.74, 6) is 1.43. The van der Waals surface area contributed by atoms with E-state index in [1.54, 1.807) is 6.07 Å². The first-order chi connectivity index (χ1) is 10.5. The molecule has 1 aliphatic rings. The van der Waals surface area contributed by atoms with E-state index in [2.05, 4.69) is 29.6 Å². The molecule has 6 nitrogen and oxygen atoms in total. The number of ether oxygens (including phenoxy) is 1. The van der Waals surface area contributed by atoms with Crippen molar-refractivity contribution in [3.63, 3.8) is 0 Å². The summed E-state index contributed by atoms with van der Waals surface area (Å²) in [6.45, 7) is 9.90. The largest absolute Gasteiger partial charge is 0.378 e. The van der Waals surface area contributed by atoms with Gasteiger partial charge in [-0.15, -0.1) is 0 Å². The van der Waals surface area contributed by atoms with Crippen LogP contribution in [0.1, 0.15) is 46.6 Å². The summed E-state index contributed by atoms with van der Waals surface area (Å²) in [7, 11) is 0. The fourth-order valence-corrected chi connectivity index (χ4v) is 2.90. The average Bonchev–Trinajstić information content (AvgIpc) is 2.94. The van der Waals surface area contributed by atoms with Gasteiger partial charge in [0.2, 0.25) is 0 Å². The zero-order valence-corrected chi connectivity index (χ0v) is 14.0. The summed E-state index contributed by atoms with van der Waals surface area (Å²) >= 11 is 0. The van der Waals surface area contributed by atoms with Crippen molar-refractivity contribution < 1.29 is 9.53 Å². The second kappa shape index (κ2) is 7.63. The molecule has 2 atom stereocenters. The van der Waals surface area contributed by atoms with Crippen molar-refractivity contribution in [3.8, 4) is 0 Å². The molecule has 124 valence electrons. The minimum atomic E-state index is -0.206. The Hall–Kier alpha value is -1.56. The van der Waals surface area contributed by atoms with Crippen LogP contribution in [0.25, 0.3) is 0 Å². The Balaban J connectivity index is 1.81. The van der Waals surface area contributed by atoms with E-state index < -0.39 is 0 Å². The molecule has 0 spiro atoms. The van der Waals surface area contributed by atoms with Crippen LogP contribution in [0.5, 0.6) is 0 Å². The van der Waals surface area contributed by atoms with Crippen LogP contribution in [0.2, 0.25) is 0 Å². The van der Waals surface area contributed by atoms with E-state index in [9.17, 15) is 4.79 Å². The van der Waals surface area contributed by atoms with Gasteiger partial charge < -0.3 is 10.1 Å². The highest BCUT2D eigenvalue weighted by molar-refractivity contribution is 5.88. The van der Waals surface area contributed by atoms with Gasteiger partial charge in [-0.25, -0.2) is 4.79 Å². The first-order valence-electron chi connectivity index (χ1n) is 8.19. The van der Waals surface area contributed by atoms with E-state index in [-0.39, 0.29) is 18.2 Å². The van der Waals surface area contributed by atoms with Gasteiger partial charge in [0.15, 0.2) is 5.82 Å². The van der Waals surface area contributed by atoms with Crippen molar-refractivity contribution in [1.29, 1.82) is 0 Å². The topological polar surface area (TPSA) is 68.2 Å². The molecule has 0 bridgehead atoms. The predicted molar refractivity (Wildman–Crippen MR) is 86.9 cm³/mol. The van der Waals surface area contributed by atoms with Gasteiger partial charge in [-0.2, -0.15) is 5.10 Å². The number of nitrogens with zero attached hydrogens (tertiary/aromatic N) is 2. The van der Waals surface area contributed by atoms with Crippen LogP contribution in [-0.4, -0.2) is 35.1 Å². The molecule has 0 aliphatic carbocycles. The molecule has 2 rings (SSSR count). The Bertz CT molecular complexity index is 484. The van der Waals surface area contributed by atoms with Crippen molar-refractivity contribution in [2.45, 2.75) is 52.7 Å². The van der Waals surface area contributed by atoms with Crippen LogP contribution < -0.4 is 10.6 Å². The number of carbonyl (C=O) groups is 1. The fraction of sp³-hybridized carbons (Fsp3) is 0.750. The molecule has 2 heterocycles. The molecular weight excluding hydrogens is 280 g/mol. The van der Waals surface area contributed by atoms with Crippen molar-refractivity contribution in [2.24, 2.45) is 11.8 Å². The molecule has 1 saturated heterocycles. The Labute approximate surface area is 132 Å². The zero-order chi connectivity index (χ0) is 16.1. The predicted octanol–water partition coefficient (Wildman–Crippen LogP) is 3.04. The van der Waals surface area contributed by atoms with Gasteiger partial charge in [0, 0.05) is 37.4 Å². The van der Waals surface area contributed by atoms with Gasteiger partial charge in [0.1, 0.15) is 0 Å². The van der Waals surface area contributed by atoms with Gasteiger partial charge in [0.25, 0.3) is 0 Å². The van der Waals surface area contributed by atoms with Crippen molar-refractivity contribution in [2.75, 3.05) is 18.5 Å². The maximum Gasteiger partial charge on any atom is 0.320 e. The molecule has 0 radical (unpaired) electrons. The number of nitrogens with one attached hydrogen (secondary N) is 2. The third kappa shape index (κ3) is 4.47. The van der Waals surface area contributed by atoms with Crippen molar-refractivity contribution in [1.82, 2.24) is 15.1 Å². The molecular formula is C16H28N4O2. The molecule has 22 heavy (non-hydrogen) atoms. The summed E-state index contributed by atoms with van der Waals surface area (Å²) < 4.78 is 7.66. The molecule has 1 fully saturated rings. The lowest BCUT2D eigenvalue weighted by molar-refractivity contribution is -0.0507. The first kappa shape index (κ1) is 16.8. The SMILES string of the molecule is CC(C)C1OCCCC1CNC(=O)Nc1ccn(C(C)C)n1.